The van der Waals surface area contributed by atoms with E-state index in [1.54, 1.807) is 0 Å². The number of esters is 1. The Hall–Kier alpha value is -4.38. The predicted molar refractivity (Wildman–Crippen MR) is 243 cm³/mol. The second kappa shape index (κ2) is 19.1. The van der Waals surface area contributed by atoms with E-state index in [4.69, 9.17) is 18.3 Å². The maximum absolute atomic E-state index is 13.8. The summed E-state index contributed by atoms with van der Waals surface area (Å²) in [7, 11) is -6.05. The van der Waals surface area contributed by atoms with E-state index in [1.807, 2.05) is 25.1 Å². The second-order valence-electron chi connectivity index (χ2n) is 17.6. The van der Waals surface area contributed by atoms with Gasteiger partial charge >= 0.3 is 5.97 Å². The molecule has 0 bridgehead atoms. The SMILES string of the molecule is CCOC(=O)C[C@@H]1[C@H](/C=C/COCc2ccccc2)[C@@H](O[Si](c2ccccc2)(c2ccccc2)C(C)(C)C)C[C@H]1O[Si](c1ccccc1)(c1ccccc1)C(C)(C)C. The maximum Gasteiger partial charge on any atom is 0.306 e. The van der Waals surface area contributed by atoms with Crippen LogP contribution in [0.4, 0.5) is 0 Å². The monoisotopic (exact) mass is 810 g/mol. The lowest BCUT2D eigenvalue weighted by atomic mass is 9.90. The normalized spacial score (nSPS) is 19.0. The van der Waals surface area contributed by atoms with Crippen LogP contribution in [-0.2, 0) is 29.7 Å². The fourth-order valence-electron chi connectivity index (χ4n) is 9.16. The number of hydrogen-bond donors (Lipinski definition) is 0. The Morgan fingerprint density at radius 3 is 1.40 bits per heavy atom. The van der Waals surface area contributed by atoms with Gasteiger partial charge < -0.3 is 18.3 Å². The molecule has 5 aromatic carbocycles. The van der Waals surface area contributed by atoms with Gasteiger partial charge in [-0.05, 0) is 49.7 Å². The van der Waals surface area contributed by atoms with Gasteiger partial charge in [-0.2, -0.15) is 0 Å². The molecule has 0 aliphatic heterocycles. The molecular formula is C51H62O5Si2. The minimum atomic E-state index is -3.03. The van der Waals surface area contributed by atoms with E-state index in [2.05, 4.69) is 187 Å². The molecular weight excluding hydrogens is 749 g/mol. The van der Waals surface area contributed by atoms with Crippen LogP contribution in [0.15, 0.2) is 164 Å². The van der Waals surface area contributed by atoms with Gasteiger partial charge in [0.25, 0.3) is 16.6 Å². The molecule has 0 N–H and O–H groups in total. The van der Waals surface area contributed by atoms with Crippen molar-refractivity contribution in [3.8, 4) is 0 Å². The minimum absolute atomic E-state index is 0.158. The Morgan fingerprint density at radius 1 is 0.603 bits per heavy atom. The van der Waals surface area contributed by atoms with E-state index in [1.165, 1.54) is 20.7 Å². The number of hydrogen-bond acceptors (Lipinski definition) is 5. The molecule has 58 heavy (non-hydrogen) atoms. The fourth-order valence-corrected chi connectivity index (χ4v) is 18.6. The van der Waals surface area contributed by atoms with Gasteiger partial charge in [0.1, 0.15) is 0 Å². The molecule has 0 heterocycles. The molecule has 5 nitrogen and oxygen atoms in total. The van der Waals surface area contributed by atoms with Crippen LogP contribution in [-0.4, -0.2) is 48.0 Å². The summed E-state index contributed by atoms with van der Waals surface area (Å²) in [4.78, 5) is 13.8. The topological polar surface area (TPSA) is 54.0 Å². The Balaban J connectivity index is 1.50. The summed E-state index contributed by atoms with van der Waals surface area (Å²) < 4.78 is 27.9. The summed E-state index contributed by atoms with van der Waals surface area (Å²) >= 11 is 0. The van der Waals surface area contributed by atoms with Gasteiger partial charge in [0.05, 0.1) is 38.4 Å². The van der Waals surface area contributed by atoms with Gasteiger partial charge in [-0.25, -0.2) is 0 Å². The molecule has 0 amide bonds. The van der Waals surface area contributed by atoms with E-state index in [0.717, 1.165) is 5.56 Å². The van der Waals surface area contributed by atoms with Crippen LogP contribution >= 0.6 is 0 Å². The van der Waals surface area contributed by atoms with Crippen LogP contribution < -0.4 is 20.7 Å². The van der Waals surface area contributed by atoms with Crippen molar-refractivity contribution in [3.63, 3.8) is 0 Å². The van der Waals surface area contributed by atoms with Gasteiger partial charge in [-0.1, -0.05) is 205 Å². The van der Waals surface area contributed by atoms with Gasteiger partial charge in [-0.15, -0.1) is 0 Å². The average Bonchev–Trinajstić information content (AvgIpc) is 3.53. The third kappa shape index (κ3) is 9.40. The highest BCUT2D eigenvalue weighted by Gasteiger charge is 2.58. The molecule has 5 aromatic rings. The first-order valence-electron chi connectivity index (χ1n) is 20.9. The Morgan fingerprint density at radius 2 is 1.00 bits per heavy atom. The molecule has 4 atom stereocenters. The summed E-state index contributed by atoms with van der Waals surface area (Å²) in [6, 6.07) is 53.5. The van der Waals surface area contributed by atoms with Crippen molar-refractivity contribution in [3.05, 3.63) is 169 Å². The standard InChI is InChI=1S/C51H62O5Si2/c1-8-54-49(52)37-46-45(35-24-36-53-39-40-25-14-9-15-26-40)47(55-57(50(2,3)4,41-27-16-10-17-28-41)42-29-18-11-19-30-42)38-48(46)56-58(51(5,6)7,43-31-20-12-21-32-43)44-33-22-13-23-34-44/h9-35,45-48H,8,36-39H2,1-7H3/b35-24+/t45-,46+,47-,48+/m0/s1. The van der Waals surface area contributed by atoms with Gasteiger partial charge in [-0.3, -0.25) is 4.79 Å². The number of rotatable bonds is 16. The smallest absolute Gasteiger partial charge is 0.306 e. The molecule has 0 aromatic heterocycles. The maximum atomic E-state index is 13.8. The fraction of sp³-hybridized carbons (Fsp3) is 0.353. The third-order valence-corrected chi connectivity index (χ3v) is 21.9. The Labute approximate surface area is 349 Å². The van der Waals surface area contributed by atoms with Crippen LogP contribution in [0.1, 0.15) is 66.9 Å². The number of carbonyl (C=O) groups is 1. The first-order valence-corrected chi connectivity index (χ1v) is 24.7. The molecule has 1 aliphatic rings. The third-order valence-electron chi connectivity index (χ3n) is 11.7. The summed E-state index contributed by atoms with van der Waals surface area (Å²) in [5, 5.41) is 4.37. The van der Waals surface area contributed by atoms with Gasteiger partial charge in [0.15, 0.2) is 0 Å². The zero-order valence-corrected chi connectivity index (χ0v) is 37.5. The van der Waals surface area contributed by atoms with Crippen LogP contribution in [0.5, 0.6) is 0 Å². The summed E-state index contributed by atoms with van der Waals surface area (Å²) in [5.74, 6) is -0.586. The van der Waals surface area contributed by atoms with Crippen molar-refractivity contribution < 1.29 is 23.1 Å². The lowest BCUT2D eigenvalue weighted by Gasteiger charge is -2.46. The first-order chi connectivity index (χ1) is 27.9. The van der Waals surface area contributed by atoms with Crippen molar-refractivity contribution in [2.45, 2.75) is 90.2 Å². The molecule has 304 valence electrons. The molecule has 0 radical (unpaired) electrons. The Kier molecular flexibility index (Phi) is 14.3. The zero-order chi connectivity index (χ0) is 41.2. The quantitative estimate of drug-likeness (QED) is 0.0431. The van der Waals surface area contributed by atoms with Crippen LogP contribution in [0, 0.1) is 11.8 Å². The number of benzene rings is 5. The summed E-state index contributed by atoms with van der Waals surface area (Å²) in [5.41, 5.74) is 1.13. The van der Waals surface area contributed by atoms with Gasteiger partial charge in [0.2, 0.25) is 0 Å². The van der Waals surface area contributed by atoms with Crippen molar-refractivity contribution >= 4 is 43.4 Å². The van der Waals surface area contributed by atoms with E-state index >= 15 is 0 Å². The largest absolute Gasteiger partial charge is 0.466 e. The molecule has 6 rings (SSSR count). The van der Waals surface area contributed by atoms with E-state index in [9.17, 15) is 4.79 Å². The van der Waals surface area contributed by atoms with Crippen molar-refractivity contribution in [1.82, 2.24) is 0 Å². The average molecular weight is 811 g/mol. The molecule has 0 saturated heterocycles. The lowest BCUT2D eigenvalue weighted by Crippen LogP contribution is -2.68. The van der Waals surface area contributed by atoms with Crippen molar-refractivity contribution in [2.24, 2.45) is 11.8 Å². The predicted octanol–water partition coefficient (Wildman–Crippen LogP) is 9.24. The summed E-state index contributed by atoms with van der Waals surface area (Å²) in [6.45, 7) is 17.0. The van der Waals surface area contributed by atoms with Crippen LogP contribution in [0.2, 0.25) is 10.1 Å². The molecule has 1 fully saturated rings. The van der Waals surface area contributed by atoms with E-state index < -0.39 is 16.6 Å². The molecule has 0 unspecified atom stereocenters. The lowest BCUT2D eigenvalue weighted by molar-refractivity contribution is -0.145. The van der Waals surface area contributed by atoms with Crippen molar-refractivity contribution in [1.29, 1.82) is 0 Å². The highest BCUT2D eigenvalue weighted by Crippen LogP contribution is 2.48. The van der Waals surface area contributed by atoms with E-state index in [-0.39, 0.29) is 46.5 Å². The number of ether oxygens (including phenoxy) is 2. The molecule has 1 aliphatic carbocycles. The molecule has 0 spiro atoms. The highest BCUT2D eigenvalue weighted by atomic mass is 28.4. The minimum Gasteiger partial charge on any atom is -0.466 e. The first kappa shape index (κ1) is 43.2. The van der Waals surface area contributed by atoms with E-state index in [0.29, 0.717) is 26.2 Å². The number of carbonyl (C=O) groups excluding carboxylic acids is 1. The molecule has 7 heteroatoms. The highest BCUT2D eigenvalue weighted by molar-refractivity contribution is 7.00. The zero-order valence-electron chi connectivity index (χ0n) is 35.5. The Bertz CT molecular complexity index is 1950. The van der Waals surface area contributed by atoms with Gasteiger partial charge in [0, 0.05) is 11.8 Å². The summed E-state index contributed by atoms with van der Waals surface area (Å²) in [6.07, 6.45) is 4.65. The second-order valence-corrected chi connectivity index (χ2v) is 26.1. The van der Waals surface area contributed by atoms with Crippen LogP contribution in [0.3, 0.4) is 0 Å². The van der Waals surface area contributed by atoms with Crippen molar-refractivity contribution in [2.75, 3.05) is 13.2 Å². The molecule has 1 saturated carbocycles. The van der Waals surface area contributed by atoms with Crippen LogP contribution in [0.25, 0.3) is 0 Å².